The number of aliphatic imine (C=N–C) groups is 1. The fourth-order valence-electron chi connectivity index (χ4n) is 2.50. The summed E-state index contributed by atoms with van der Waals surface area (Å²) < 4.78 is 37.3. The Morgan fingerprint density at radius 1 is 1.00 bits per heavy atom. The van der Waals surface area contributed by atoms with Gasteiger partial charge in [-0.15, -0.1) is 24.0 Å². The van der Waals surface area contributed by atoms with Gasteiger partial charge in [-0.1, -0.05) is 42.5 Å². The molecular weight excluding hydrogens is 492 g/mol. The van der Waals surface area contributed by atoms with Gasteiger partial charge in [0.15, 0.2) is 15.8 Å². The molecule has 8 heteroatoms. The molecule has 0 fully saturated rings. The Kier molecular flexibility index (Phi) is 11.1. The van der Waals surface area contributed by atoms with Crippen molar-refractivity contribution in [2.24, 2.45) is 4.99 Å². The molecule has 5 nitrogen and oxygen atoms in total. The lowest BCUT2D eigenvalue weighted by Crippen LogP contribution is -2.38. The van der Waals surface area contributed by atoms with E-state index in [-0.39, 0.29) is 41.3 Å². The van der Waals surface area contributed by atoms with Crippen molar-refractivity contribution in [2.75, 3.05) is 18.8 Å². The van der Waals surface area contributed by atoms with Crippen LogP contribution in [0.2, 0.25) is 0 Å². The van der Waals surface area contributed by atoms with Crippen LogP contribution in [0.25, 0.3) is 0 Å². The SMILES string of the molecule is CCNC(=NCc1ccc(F)cc1)NCCCS(=O)(=O)Cc1ccccc1.I. The number of benzene rings is 2. The van der Waals surface area contributed by atoms with E-state index < -0.39 is 9.84 Å². The van der Waals surface area contributed by atoms with Crippen molar-refractivity contribution >= 4 is 39.8 Å². The van der Waals surface area contributed by atoms with E-state index in [1.807, 2.05) is 37.3 Å². The molecule has 0 aliphatic carbocycles. The van der Waals surface area contributed by atoms with E-state index in [1.54, 1.807) is 12.1 Å². The molecule has 28 heavy (non-hydrogen) atoms. The van der Waals surface area contributed by atoms with Crippen LogP contribution >= 0.6 is 24.0 Å². The van der Waals surface area contributed by atoms with Crippen LogP contribution in [0.5, 0.6) is 0 Å². The minimum absolute atomic E-state index is 0. The standard InChI is InChI=1S/C20H26FN3O2S.HI/c1-2-22-20(24-15-17-9-11-19(21)12-10-17)23-13-6-14-27(25,26)16-18-7-4-3-5-8-18;/h3-5,7-12H,2,6,13-16H2,1H3,(H2,22,23,24);1H. The molecule has 0 atom stereocenters. The van der Waals surface area contributed by atoms with Gasteiger partial charge < -0.3 is 10.6 Å². The molecule has 0 saturated heterocycles. The van der Waals surface area contributed by atoms with Crippen LogP contribution in [0.4, 0.5) is 4.39 Å². The predicted octanol–water partition coefficient (Wildman–Crippen LogP) is 3.50. The molecular formula is C20H27FIN3O2S. The van der Waals surface area contributed by atoms with Gasteiger partial charge >= 0.3 is 0 Å². The topological polar surface area (TPSA) is 70.6 Å². The molecule has 0 aliphatic heterocycles. The molecule has 154 valence electrons. The van der Waals surface area contributed by atoms with Crippen molar-refractivity contribution in [3.8, 4) is 0 Å². The number of nitrogens with one attached hydrogen (secondary N) is 2. The Hall–Kier alpha value is -1.68. The molecule has 0 unspecified atom stereocenters. The summed E-state index contributed by atoms with van der Waals surface area (Å²) in [6.45, 7) is 3.58. The van der Waals surface area contributed by atoms with Crippen molar-refractivity contribution in [1.82, 2.24) is 10.6 Å². The maximum Gasteiger partial charge on any atom is 0.191 e. The highest BCUT2D eigenvalue weighted by Crippen LogP contribution is 2.07. The van der Waals surface area contributed by atoms with Gasteiger partial charge in [0.25, 0.3) is 0 Å². The zero-order valence-electron chi connectivity index (χ0n) is 15.9. The summed E-state index contributed by atoms with van der Waals surface area (Å²) in [5.74, 6) is 0.519. The third-order valence-corrected chi connectivity index (χ3v) is 5.52. The molecule has 0 aromatic heterocycles. The number of nitrogens with zero attached hydrogens (tertiary/aromatic N) is 1. The Labute approximate surface area is 183 Å². The lowest BCUT2D eigenvalue weighted by molar-refractivity contribution is 0.591. The summed E-state index contributed by atoms with van der Waals surface area (Å²) in [6, 6.07) is 15.4. The maximum atomic E-state index is 12.9. The van der Waals surface area contributed by atoms with Gasteiger partial charge in [0.2, 0.25) is 0 Å². The van der Waals surface area contributed by atoms with Crippen molar-refractivity contribution in [2.45, 2.75) is 25.6 Å². The molecule has 0 saturated carbocycles. The van der Waals surface area contributed by atoms with Crippen LogP contribution in [0.15, 0.2) is 59.6 Å². The second-order valence-corrected chi connectivity index (χ2v) is 8.36. The first kappa shape index (κ1) is 24.4. The molecule has 2 aromatic rings. The van der Waals surface area contributed by atoms with Gasteiger partial charge in [-0.05, 0) is 36.6 Å². The zero-order chi connectivity index (χ0) is 19.5. The number of hydrogen-bond acceptors (Lipinski definition) is 3. The lowest BCUT2D eigenvalue weighted by Gasteiger charge is -2.11. The Morgan fingerprint density at radius 2 is 1.68 bits per heavy atom. The quantitative estimate of drug-likeness (QED) is 0.230. The second kappa shape index (κ2) is 12.7. The fraction of sp³-hybridized carbons (Fsp3) is 0.350. The van der Waals surface area contributed by atoms with Crippen LogP contribution in [-0.2, 0) is 22.1 Å². The van der Waals surface area contributed by atoms with Crippen LogP contribution in [0, 0.1) is 5.82 Å². The molecule has 2 N–H and O–H groups in total. The van der Waals surface area contributed by atoms with Gasteiger partial charge in [0, 0.05) is 13.1 Å². The van der Waals surface area contributed by atoms with Crippen LogP contribution in [-0.4, -0.2) is 33.2 Å². The first-order chi connectivity index (χ1) is 13.0. The number of halogens is 2. The molecule has 0 aliphatic rings. The number of rotatable bonds is 9. The van der Waals surface area contributed by atoms with E-state index in [0.717, 1.165) is 11.1 Å². The molecule has 0 bridgehead atoms. The fourth-order valence-corrected chi connectivity index (χ4v) is 3.93. The van der Waals surface area contributed by atoms with Gasteiger partial charge in [-0.2, -0.15) is 0 Å². The van der Waals surface area contributed by atoms with E-state index in [2.05, 4.69) is 15.6 Å². The summed E-state index contributed by atoms with van der Waals surface area (Å²) in [6.07, 6.45) is 0.496. The summed E-state index contributed by atoms with van der Waals surface area (Å²) in [5.41, 5.74) is 1.71. The van der Waals surface area contributed by atoms with E-state index in [4.69, 9.17) is 0 Å². The normalized spacial score (nSPS) is 11.6. The summed E-state index contributed by atoms with van der Waals surface area (Å²) in [5, 5.41) is 6.26. The van der Waals surface area contributed by atoms with Crippen molar-refractivity contribution in [3.63, 3.8) is 0 Å². The molecule has 0 heterocycles. The maximum absolute atomic E-state index is 12.9. The van der Waals surface area contributed by atoms with Crippen molar-refractivity contribution in [3.05, 3.63) is 71.5 Å². The Morgan fingerprint density at radius 3 is 2.32 bits per heavy atom. The highest BCUT2D eigenvalue weighted by Gasteiger charge is 2.11. The molecule has 0 spiro atoms. The third-order valence-electron chi connectivity index (χ3n) is 3.83. The predicted molar refractivity (Wildman–Crippen MR) is 123 cm³/mol. The summed E-state index contributed by atoms with van der Waals surface area (Å²) >= 11 is 0. The average molecular weight is 519 g/mol. The van der Waals surface area contributed by atoms with Crippen molar-refractivity contribution in [1.29, 1.82) is 0 Å². The molecule has 2 aromatic carbocycles. The molecule has 0 radical (unpaired) electrons. The third kappa shape index (κ3) is 9.50. The smallest absolute Gasteiger partial charge is 0.191 e. The number of hydrogen-bond donors (Lipinski definition) is 2. The second-order valence-electron chi connectivity index (χ2n) is 6.18. The monoisotopic (exact) mass is 519 g/mol. The lowest BCUT2D eigenvalue weighted by atomic mass is 10.2. The summed E-state index contributed by atoms with van der Waals surface area (Å²) in [7, 11) is -3.14. The van der Waals surface area contributed by atoms with E-state index in [1.165, 1.54) is 12.1 Å². The highest BCUT2D eigenvalue weighted by atomic mass is 127. The highest BCUT2D eigenvalue weighted by molar-refractivity contribution is 14.0. The van der Waals surface area contributed by atoms with E-state index in [9.17, 15) is 12.8 Å². The first-order valence-corrected chi connectivity index (χ1v) is 10.8. The zero-order valence-corrected chi connectivity index (χ0v) is 19.0. The Balaban J connectivity index is 0.00000392. The van der Waals surface area contributed by atoms with Crippen LogP contribution in [0.1, 0.15) is 24.5 Å². The van der Waals surface area contributed by atoms with Gasteiger partial charge in [-0.3, -0.25) is 0 Å². The van der Waals surface area contributed by atoms with Gasteiger partial charge in [0.1, 0.15) is 5.82 Å². The minimum atomic E-state index is -3.14. The minimum Gasteiger partial charge on any atom is -0.357 e. The van der Waals surface area contributed by atoms with E-state index in [0.29, 0.717) is 32.0 Å². The largest absolute Gasteiger partial charge is 0.357 e. The average Bonchev–Trinajstić information content (AvgIpc) is 2.65. The first-order valence-electron chi connectivity index (χ1n) is 8.99. The van der Waals surface area contributed by atoms with E-state index >= 15 is 0 Å². The number of sulfone groups is 1. The van der Waals surface area contributed by atoms with Gasteiger partial charge in [0.05, 0.1) is 18.1 Å². The van der Waals surface area contributed by atoms with Crippen LogP contribution in [0.3, 0.4) is 0 Å². The van der Waals surface area contributed by atoms with Crippen LogP contribution < -0.4 is 10.6 Å². The van der Waals surface area contributed by atoms with Gasteiger partial charge in [-0.25, -0.2) is 17.8 Å². The Bertz CT molecular complexity index is 828. The number of guanidine groups is 1. The molecule has 0 amide bonds. The summed E-state index contributed by atoms with van der Waals surface area (Å²) in [4.78, 5) is 4.44. The van der Waals surface area contributed by atoms with Crippen molar-refractivity contribution < 1.29 is 12.8 Å². The molecule has 2 rings (SSSR count).